The molecule has 10 nitrogen and oxygen atoms in total. The average Bonchev–Trinajstić information content (AvgIpc) is 3.26. The number of aliphatic hydroxyl groups excluding tert-OH is 2. The molecule has 0 fully saturated rings. The number of carbonyl (C=O) groups excluding carboxylic acids is 2. The summed E-state index contributed by atoms with van der Waals surface area (Å²) >= 11 is 0. The highest BCUT2D eigenvalue weighted by molar-refractivity contribution is 7.47. The molecule has 0 radical (unpaired) electrons. The summed E-state index contributed by atoms with van der Waals surface area (Å²) in [5, 5.41) is 18.4. The van der Waals surface area contributed by atoms with Crippen LogP contribution in [0.3, 0.4) is 0 Å². The molecule has 0 spiro atoms. The third-order valence-corrected chi connectivity index (χ3v) is 12.3. The Morgan fingerprint density at radius 1 is 0.468 bits per heavy atom. The van der Waals surface area contributed by atoms with Crippen molar-refractivity contribution in [3.05, 3.63) is 24.3 Å². The maximum atomic E-state index is 12.7. The number of phosphoric acid groups is 1. The first-order valence-corrected chi connectivity index (χ1v) is 27.3. The van der Waals surface area contributed by atoms with E-state index in [2.05, 4.69) is 38.2 Å². The van der Waals surface area contributed by atoms with Gasteiger partial charge in [-0.1, -0.05) is 199 Å². The Morgan fingerprint density at radius 2 is 0.790 bits per heavy atom. The number of unbranched alkanes of at least 4 members (excludes halogenated alkanes) is 31. The van der Waals surface area contributed by atoms with E-state index in [9.17, 15) is 24.2 Å². The molecule has 11 heteroatoms. The van der Waals surface area contributed by atoms with Gasteiger partial charge in [-0.3, -0.25) is 18.6 Å². The number of hydrogen-bond donors (Lipinski definition) is 3. The molecule has 0 heterocycles. The molecule has 0 rings (SSSR count). The van der Waals surface area contributed by atoms with E-state index in [-0.39, 0.29) is 19.4 Å². The highest BCUT2D eigenvalue weighted by Crippen LogP contribution is 2.43. The molecule has 366 valence electrons. The van der Waals surface area contributed by atoms with Crippen LogP contribution in [0.5, 0.6) is 0 Å². The topological polar surface area (TPSA) is 149 Å². The second-order valence-corrected chi connectivity index (χ2v) is 19.0. The largest absolute Gasteiger partial charge is 0.472 e. The van der Waals surface area contributed by atoms with Crippen molar-refractivity contribution in [2.45, 2.75) is 264 Å². The number of hydrogen-bond acceptors (Lipinski definition) is 9. The van der Waals surface area contributed by atoms with Crippen LogP contribution >= 0.6 is 7.82 Å². The second kappa shape index (κ2) is 47.4. The van der Waals surface area contributed by atoms with Crippen molar-refractivity contribution >= 4 is 19.8 Å². The van der Waals surface area contributed by atoms with Gasteiger partial charge in [-0.25, -0.2) is 4.57 Å². The van der Waals surface area contributed by atoms with Gasteiger partial charge in [0.1, 0.15) is 12.7 Å². The Hall–Kier alpha value is -1.55. The van der Waals surface area contributed by atoms with E-state index in [0.29, 0.717) is 12.8 Å². The van der Waals surface area contributed by atoms with E-state index in [1.165, 1.54) is 167 Å². The highest BCUT2D eigenvalue weighted by Gasteiger charge is 2.27. The van der Waals surface area contributed by atoms with Crippen molar-refractivity contribution in [3.63, 3.8) is 0 Å². The number of ether oxygens (including phenoxy) is 2. The molecule has 0 aliphatic heterocycles. The summed E-state index contributed by atoms with van der Waals surface area (Å²) in [6.07, 6.45) is 50.0. The molecule has 0 saturated heterocycles. The van der Waals surface area contributed by atoms with Gasteiger partial charge in [-0.15, -0.1) is 0 Å². The predicted octanol–water partition coefficient (Wildman–Crippen LogP) is 14.5. The molecule has 3 N–H and O–H groups in total. The van der Waals surface area contributed by atoms with E-state index < -0.39 is 51.8 Å². The average molecular weight is 901 g/mol. The number of phosphoric ester groups is 1. The molecule has 0 aliphatic carbocycles. The van der Waals surface area contributed by atoms with Crippen LogP contribution in [0, 0.1) is 0 Å². The normalized spacial score (nSPS) is 13.8. The first-order valence-electron chi connectivity index (χ1n) is 25.8. The van der Waals surface area contributed by atoms with Crippen LogP contribution in [0.4, 0.5) is 0 Å². The smallest absolute Gasteiger partial charge is 0.462 e. The minimum absolute atomic E-state index is 0.184. The van der Waals surface area contributed by atoms with Crippen molar-refractivity contribution in [1.82, 2.24) is 0 Å². The Morgan fingerprint density at radius 3 is 1.16 bits per heavy atom. The molecule has 3 unspecified atom stereocenters. The van der Waals surface area contributed by atoms with Crippen LogP contribution in [0.2, 0.25) is 0 Å². The molecule has 3 atom stereocenters. The van der Waals surface area contributed by atoms with Gasteiger partial charge in [0.25, 0.3) is 0 Å². The van der Waals surface area contributed by atoms with E-state index in [0.717, 1.165) is 44.9 Å². The lowest BCUT2D eigenvalue weighted by molar-refractivity contribution is -0.161. The van der Waals surface area contributed by atoms with Gasteiger partial charge < -0.3 is 24.6 Å². The van der Waals surface area contributed by atoms with Crippen molar-refractivity contribution in [2.75, 3.05) is 26.4 Å². The van der Waals surface area contributed by atoms with Gasteiger partial charge in [-0.05, 0) is 64.2 Å². The fourth-order valence-electron chi connectivity index (χ4n) is 7.34. The second-order valence-electron chi connectivity index (χ2n) is 17.5. The molecule has 0 amide bonds. The van der Waals surface area contributed by atoms with Gasteiger partial charge in [-0.2, -0.15) is 0 Å². The molecule has 0 aromatic heterocycles. The van der Waals surface area contributed by atoms with E-state index >= 15 is 0 Å². The van der Waals surface area contributed by atoms with Crippen LogP contribution in [0.25, 0.3) is 0 Å². The number of carbonyl (C=O) groups is 2. The van der Waals surface area contributed by atoms with E-state index in [1.54, 1.807) is 0 Å². The highest BCUT2D eigenvalue weighted by atomic mass is 31.2. The van der Waals surface area contributed by atoms with Crippen molar-refractivity contribution in [3.8, 4) is 0 Å². The summed E-state index contributed by atoms with van der Waals surface area (Å²) in [6.45, 7) is 2.42. The fraction of sp³-hybridized carbons (Fsp3) is 0.882. The monoisotopic (exact) mass is 901 g/mol. The van der Waals surface area contributed by atoms with Crippen molar-refractivity contribution in [2.24, 2.45) is 0 Å². The number of aliphatic hydroxyl groups is 2. The van der Waals surface area contributed by atoms with Crippen LogP contribution in [0.15, 0.2) is 24.3 Å². The molecular formula is C51H97O10P. The molecular weight excluding hydrogens is 804 g/mol. The van der Waals surface area contributed by atoms with E-state index in [4.69, 9.17) is 23.6 Å². The Bertz CT molecular complexity index is 1080. The molecule has 0 bridgehead atoms. The first-order chi connectivity index (χ1) is 30.2. The van der Waals surface area contributed by atoms with Crippen LogP contribution in [0.1, 0.15) is 251 Å². The first kappa shape index (κ1) is 60.5. The van der Waals surface area contributed by atoms with Gasteiger partial charge in [0.05, 0.1) is 19.8 Å². The SMILES string of the molecule is CCCCCCCCC/C=C\CCCCCCCCCC(=O)OCC(COP(=O)(O)OCC(O)CO)OC(=O)CCCCCCCCCCC/C=C\CCCCCCCCCC. The summed E-state index contributed by atoms with van der Waals surface area (Å²) in [7, 11) is -4.62. The predicted molar refractivity (Wildman–Crippen MR) is 256 cm³/mol. The number of esters is 2. The zero-order valence-corrected chi connectivity index (χ0v) is 41.0. The lowest BCUT2D eigenvalue weighted by atomic mass is 10.1. The van der Waals surface area contributed by atoms with Gasteiger partial charge in [0, 0.05) is 12.8 Å². The van der Waals surface area contributed by atoms with Gasteiger partial charge in [0.2, 0.25) is 0 Å². The third-order valence-electron chi connectivity index (χ3n) is 11.3. The van der Waals surface area contributed by atoms with Gasteiger partial charge in [0.15, 0.2) is 6.10 Å². The van der Waals surface area contributed by atoms with Crippen LogP contribution < -0.4 is 0 Å². The van der Waals surface area contributed by atoms with Crippen molar-refractivity contribution in [1.29, 1.82) is 0 Å². The standard InChI is InChI=1S/C51H97O10P/c1-3-5-7-9-11-13-15-17-19-21-23-24-25-27-29-31-33-35-37-39-41-43-51(55)61-49(47-60-62(56,57)59-45-48(53)44-52)46-58-50(54)42-40-38-36-34-32-30-28-26-22-20-18-16-14-12-10-8-6-4-2/h20-23,48-49,52-53H,3-19,24-47H2,1-2H3,(H,56,57)/b22-20-,23-21-. The van der Waals surface area contributed by atoms with Crippen LogP contribution in [-0.4, -0.2) is 65.7 Å². The van der Waals surface area contributed by atoms with E-state index in [1.807, 2.05) is 0 Å². The fourth-order valence-corrected chi connectivity index (χ4v) is 8.13. The maximum Gasteiger partial charge on any atom is 0.472 e. The summed E-state index contributed by atoms with van der Waals surface area (Å²) in [5.74, 6) is -0.921. The van der Waals surface area contributed by atoms with Crippen LogP contribution in [-0.2, 0) is 32.7 Å². The zero-order valence-electron chi connectivity index (χ0n) is 40.1. The minimum Gasteiger partial charge on any atom is -0.462 e. The molecule has 0 aromatic rings. The summed E-state index contributed by atoms with van der Waals surface area (Å²) in [6, 6.07) is 0. The Labute approximate surface area is 380 Å². The zero-order chi connectivity index (χ0) is 45.5. The third kappa shape index (κ3) is 46.4. The lowest BCUT2D eigenvalue weighted by Gasteiger charge is -2.20. The Balaban J connectivity index is 4.17. The lowest BCUT2D eigenvalue weighted by Crippen LogP contribution is -2.29. The molecule has 0 saturated carbocycles. The minimum atomic E-state index is -4.62. The molecule has 0 aliphatic rings. The number of rotatable bonds is 49. The quantitative estimate of drug-likeness (QED) is 0.0233. The molecule has 0 aromatic carbocycles. The van der Waals surface area contributed by atoms with Crippen molar-refractivity contribution < 1.29 is 47.8 Å². The molecule has 62 heavy (non-hydrogen) atoms. The summed E-state index contributed by atoms with van der Waals surface area (Å²) in [5.41, 5.74) is 0. The Kier molecular flexibility index (Phi) is 46.2. The summed E-state index contributed by atoms with van der Waals surface area (Å²) in [4.78, 5) is 35.2. The van der Waals surface area contributed by atoms with Gasteiger partial charge >= 0.3 is 19.8 Å². The maximum absolute atomic E-state index is 12.7. The number of allylic oxidation sites excluding steroid dienone is 4. The summed E-state index contributed by atoms with van der Waals surface area (Å²) < 4.78 is 32.9.